The summed E-state index contributed by atoms with van der Waals surface area (Å²) >= 11 is 25.6. The molecule has 0 radical (unpaired) electrons. The van der Waals surface area contributed by atoms with Crippen LogP contribution in [0.25, 0.3) is 45.0 Å². The van der Waals surface area contributed by atoms with Crippen molar-refractivity contribution in [3.63, 3.8) is 0 Å². The van der Waals surface area contributed by atoms with E-state index in [4.69, 9.17) is 46.4 Å². The monoisotopic (exact) mass is 1550 g/mol. The number of nitrogens with zero attached hydrogens (tertiary/aromatic N) is 12. The summed E-state index contributed by atoms with van der Waals surface area (Å²) in [5.41, 5.74) is 19.6. The standard InChI is InChI=1S/2C20H19ClN4O2.2C19H15ClFN3O2.CH5N.CH4/c1-22-17-10-13(6-9-18(17)25(26)27)11-24-12-23-19(20(24)14-7-8-14)15-4-2-3-5-16(15)21;1-22-17-10-13(6-9-18(17)25(26)27)11-24-12-23-19(14-7-8-14)20(24)15-4-2-3-5-16(15)21;20-15-4-2-1-3-14(15)18-19(13-6-7-13)23(11-22-18)10-12-5-8-17(24(25)26)16(21)9-12;20-15-4-2-1-3-14(15)19-18(13-6-7-13)22-11-23(19)10-12-5-8-17(24(25)26)16(21)9-12;1-2;/h2*2-6,9-10,12,14,22H,7-8,11H2,1H3;2*1-5,8-9,11,13H,6-7,10H2;2H2,1H3;1H4. The molecule has 4 aliphatic rings. The average molecular weight is 1560 g/mol. The molecule has 23 nitrogen and oxygen atoms in total. The van der Waals surface area contributed by atoms with Crippen molar-refractivity contribution in [1.82, 2.24) is 38.2 Å². The first-order chi connectivity index (χ1) is 52.2. The largest absolute Gasteiger partial charge is 0.383 e. The number of nitrogens with one attached hydrogen (secondary N) is 2. The average Bonchev–Trinajstić information content (AvgIpc) is 1.65. The predicted molar refractivity (Wildman–Crippen MR) is 423 cm³/mol. The summed E-state index contributed by atoms with van der Waals surface area (Å²) in [5.74, 6) is 0.145. The van der Waals surface area contributed by atoms with Crippen LogP contribution in [0.2, 0.25) is 20.1 Å². The SMILES string of the molecule is C.CN.CNc1cc(Cn2cnc(-c3ccccc3Cl)c2C2CC2)ccc1[N+](=O)[O-].CNc1cc(Cn2cnc(C3CC3)c2-c2ccccc2Cl)ccc1[N+](=O)[O-].O=[N+]([O-])c1ccc(Cn2cnc(-c3ccccc3Cl)c2C2CC2)cc1F.O=[N+]([O-])c1ccc(Cn2cnc(C3CC3)c2-c2ccccc2Cl)cc1F. The summed E-state index contributed by atoms with van der Waals surface area (Å²) in [6.07, 6.45) is 16.1. The fourth-order valence-electron chi connectivity index (χ4n) is 13.0. The molecule has 4 aliphatic carbocycles. The van der Waals surface area contributed by atoms with Crippen LogP contribution in [0.4, 0.5) is 42.9 Å². The van der Waals surface area contributed by atoms with E-state index >= 15 is 0 Å². The Balaban J connectivity index is 0.000000143. The molecule has 0 unspecified atom stereocenters. The molecule has 4 N–H and O–H groups in total. The van der Waals surface area contributed by atoms with E-state index < -0.39 is 32.9 Å². The second-order valence-corrected chi connectivity index (χ2v) is 27.9. The van der Waals surface area contributed by atoms with Gasteiger partial charge in [-0.15, -0.1) is 0 Å². The lowest BCUT2D eigenvalue weighted by Crippen LogP contribution is -2.05. The van der Waals surface area contributed by atoms with Crippen molar-refractivity contribution in [2.75, 3.05) is 31.8 Å². The van der Waals surface area contributed by atoms with Crippen LogP contribution in [0.15, 0.2) is 195 Å². The lowest BCUT2D eigenvalue weighted by atomic mass is 10.1. The first-order valence-corrected chi connectivity index (χ1v) is 36.3. The van der Waals surface area contributed by atoms with Crippen molar-refractivity contribution in [1.29, 1.82) is 0 Å². The maximum Gasteiger partial charge on any atom is 0.304 e. The summed E-state index contributed by atoms with van der Waals surface area (Å²) in [6, 6.07) is 48.9. The Kier molecular flexibility index (Phi) is 25.5. The Hall–Kier alpha value is -11.2. The Bertz CT molecular complexity index is 5320. The molecular weight excluding hydrogens is 1480 g/mol. The van der Waals surface area contributed by atoms with Gasteiger partial charge in [0.25, 0.3) is 11.4 Å². The maximum atomic E-state index is 13.9. The number of benzene rings is 8. The van der Waals surface area contributed by atoms with E-state index in [1.165, 1.54) is 43.1 Å². The van der Waals surface area contributed by atoms with Crippen molar-refractivity contribution < 1.29 is 28.5 Å². The molecule has 0 spiro atoms. The van der Waals surface area contributed by atoms with E-state index in [0.29, 0.717) is 92.4 Å². The minimum absolute atomic E-state index is 0. The lowest BCUT2D eigenvalue weighted by Gasteiger charge is -2.13. The zero-order valence-electron chi connectivity index (χ0n) is 58.7. The molecule has 0 saturated heterocycles. The lowest BCUT2D eigenvalue weighted by molar-refractivity contribution is -0.387. The van der Waals surface area contributed by atoms with Gasteiger partial charge in [-0.2, -0.15) is 8.78 Å². The molecule has 12 aromatic rings. The van der Waals surface area contributed by atoms with E-state index in [2.05, 4.69) is 45.4 Å². The minimum atomic E-state index is -0.839. The van der Waals surface area contributed by atoms with Crippen LogP contribution < -0.4 is 16.4 Å². The molecule has 4 aromatic heterocycles. The van der Waals surface area contributed by atoms with Gasteiger partial charge in [0.1, 0.15) is 11.4 Å². The molecule has 29 heteroatoms. The highest BCUT2D eigenvalue weighted by atomic mass is 35.5. The molecule has 4 saturated carbocycles. The summed E-state index contributed by atoms with van der Waals surface area (Å²) in [5, 5.41) is 52.3. The van der Waals surface area contributed by atoms with Crippen LogP contribution >= 0.6 is 46.4 Å². The highest BCUT2D eigenvalue weighted by molar-refractivity contribution is 6.34. The third kappa shape index (κ3) is 18.5. The van der Waals surface area contributed by atoms with Crippen molar-refractivity contribution >= 4 is 80.5 Å². The van der Waals surface area contributed by atoms with Gasteiger partial charge in [0.15, 0.2) is 0 Å². The second-order valence-electron chi connectivity index (χ2n) is 26.2. The first kappa shape index (κ1) is 78.8. The number of anilines is 2. The minimum Gasteiger partial charge on any atom is -0.383 e. The Labute approximate surface area is 647 Å². The summed E-state index contributed by atoms with van der Waals surface area (Å²) in [7, 11) is 4.87. The molecule has 4 heterocycles. The summed E-state index contributed by atoms with van der Waals surface area (Å²) in [6.45, 7) is 1.93. The maximum absolute atomic E-state index is 13.9. The number of halogens is 6. The van der Waals surface area contributed by atoms with Gasteiger partial charge in [-0.25, -0.2) is 19.9 Å². The van der Waals surface area contributed by atoms with Crippen LogP contribution in [0.5, 0.6) is 0 Å². The second kappa shape index (κ2) is 35.2. The normalized spacial score (nSPS) is 13.3. The van der Waals surface area contributed by atoms with Gasteiger partial charge >= 0.3 is 11.4 Å². The van der Waals surface area contributed by atoms with E-state index in [9.17, 15) is 49.2 Å². The Morgan fingerprint density at radius 3 is 0.954 bits per heavy atom. The quantitative estimate of drug-likeness (QED) is 0.0420. The van der Waals surface area contributed by atoms with Gasteiger partial charge < -0.3 is 34.6 Å². The van der Waals surface area contributed by atoms with Crippen LogP contribution in [-0.2, 0) is 26.2 Å². The highest BCUT2D eigenvalue weighted by Crippen LogP contribution is 2.49. The predicted octanol–water partition coefficient (Wildman–Crippen LogP) is 20.7. The van der Waals surface area contributed by atoms with Gasteiger partial charge in [-0.1, -0.05) is 151 Å². The van der Waals surface area contributed by atoms with E-state index in [1.54, 1.807) is 57.1 Å². The number of nitrogens with two attached hydrogens (primary N) is 1. The number of nitro groups is 4. The summed E-state index contributed by atoms with van der Waals surface area (Å²) in [4.78, 5) is 60.1. The molecule has 4 fully saturated rings. The molecule has 8 aromatic carbocycles. The first-order valence-electron chi connectivity index (χ1n) is 34.8. The van der Waals surface area contributed by atoms with Crippen molar-refractivity contribution in [2.45, 2.75) is 109 Å². The molecule has 16 rings (SSSR count). The van der Waals surface area contributed by atoms with Crippen LogP contribution in [0.3, 0.4) is 0 Å². The van der Waals surface area contributed by atoms with Crippen LogP contribution in [-0.4, -0.2) is 79.0 Å². The highest BCUT2D eigenvalue weighted by Gasteiger charge is 2.35. The van der Waals surface area contributed by atoms with Gasteiger partial charge in [0.2, 0.25) is 11.6 Å². The molecule has 109 heavy (non-hydrogen) atoms. The number of imidazole rings is 4. The van der Waals surface area contributed by atoms with Gasteiger partial charge in [0.05, 0.1) is 89.2 Å². The van der Waals surface area contributed by atoms with Gasteiger partial charge in [0, 0.05) is 132 Å². The third-order valence-corrected chi connectivity index (χ3v) is 20.1. The van der Waals surface area contributed by atoms with Crippen molar-refractivity contribution in [3.8, 4) is 45.0 Å². The zero-order chi connectivity index (χ0) is 76.4. The number of hydrogen-bond acceptors (Lipinski definition) is 15. The van der Waals surface area contributed by atoms with E-state index in [0.717, 1.165) is 125 Å². The smallest absolute Gasteiger partial charge is 0.304 e. The Morgan fingerprint density at radius 1 is 0.394 bits per heavy atom. The van der Waals surface area contributed by atoms with Crippen molar-refractivity contribution in [3.05, 3.63) is 312 Å². The molecule has 0 amide bonds. The van der Waals surface area contributed by atoms with Crippen LogP contribution in [0, 0.1) is 52.1 Å². The third-order valence-electron chi connectivity index (χ3n) is 18.7. The fourth-order valence-corrected chi connectivity index (χ4v) is 13.9. The summed E-state index contributed by atoms with van der Waals surface area (Å²) < 4.78 is 36.0. The topological polar surface area (TPSA) is 294 Å². The van der Waals surface area contributed by atoms with Crippen molar-refractivity contribution in [2.24, 2.45) is 5.73 Å². The van der Waals surface area contributed by atoms with Gasteiger partial charge in [-0.05, 0) is 129 Å². The van der Waals surface area contributed by atoms with Gasteiger partial charge in [-0.3, -0.25) is 40.5 Å². The Morgan fingerprint density at radius 2 is 0.670 bits per heavy atom. The fraction of sp³-hybridized carbons (Fsp3) is 0.250. The molecule has 562 valence electrons. The zero-order valence-corrected chi connectivity index (χ0v) is 61.8. The molecule has 0 aliphatic heterocycles. The van der Waals surface area contributed by atoms with E-state index in [1.807, 2.05) is 131 Å². The number of rotatable bonds is 22. The molecular formula is C80H77Cl4F2N15O8. The van der Waals surface area contributed by atoms with E-state index in [-0.39, 0.29) is 28.6 Å². The van der Waals surface area contributed by atoms with Crippen LogP contribution in [0.1, 0.15) is 127 Å². The molecule has 0 bridgehead atoms. The number of hydrogen-bond donors (Lipinski definition) is 3. The number of aromatic nitrogens is 8. The number of nitro benzene ring substituents is 4. The molecule has 0 atom stereocenters.